The van der Waals surface area contributed by atoms with Gasteiger partial charge in [0.1, 0.15) is 0 Å². The first-order valence-corrected chi connectivity index (χ1v) is 11.3. The molecule has 2 atom stereocenters. The number of rotatable bonds is 13. The van der Waals surface area contributed by atoms with E-state index >= 15 is 0 Å². The standard InChI is InChI=1S/C18H32O6Si/c1-5-22-25(23-6-2,24-7-3)11-9-8-10-21-17(19)15(4)18-12-16(18)13-20-14-18/h16H,4-14H2,1-3H3. The van der Waals surface area contributed by atoms with Gasteiger partial charge in [0.15, 0.2) is 0 Å². The minimum Gasteiger partial charge on any atom is -0.462 e. The van der Waals surface area contributed by atoms with Crippen LogP contribution < -0.4 is 0 Å². The van der Waals surface area contributed by atoms with E-state index < -0.39 is 8.80 Å². The highest BCUT2D eigenvalue weighted by Gasteiger charge is 2.61. The monoisotopic (exact) mass is 372 g/mol. The maximum absolute atomic E-state index is 12.2. The molecule has 0 aromatic heterocycles. The number of fused-ring (bicyclic) bond motifs is 1. The Labute approximate surface area is 152 Å². The molecule has 7 heteroatoms. The molecule has 2 rings (SSSR count). The molecule has 1 aliphatic carbocycles. The quantitative estimate of drug-likeness (QED) is 0.214. The van der Waals surface area contributed by atoms with Crippen LogP contribution in [-0.4, -0.2) is 54.4 Å². The number of hydrogen-bond donors (Lipinski definition) is 0. The summed E-state index contributed by atoms with van der Waals surface area (Å²) in [7, 11) is -2.60. The molecule has 1 heterocycles. The van der Waals surface area contributed by atoms with Gasteiger partial charge in [-0.1, -0.05) is 6.58 Å². The summed E-state index contributed by atoms with van der Waals surface area (Å²) in [5.41, 5.74) is 0.453. The first-order chi connectivity index (χ1) is 12.0. The van der Waals surface area contributed by atoms with Gasteiger partial charge in [-0.3, -0.25) is 0 Å². The summed E-state index contributed by atoms with van der Waals surface area (Å²) in [5, 5.41) is 0. The third-order valence-electron chi connectivity index (χ3n) is 4.96. The molecule has 25 heavy (non-hydrogen) atoms. The summed E-state index contributed by atoms with van der Waals surface area (Å²) < 4.78 is 28.3. The lowest BCUT2D eigenvalue weighted by Gasteiger charge is -2.28. The van der Waals surface area contributed by atoms with E-state index in [1.54, 1.807) is 0 Å². The van der Waals surface area contributed by atoms with E-state index in [-0.39, 0.29) is 11.4 Å². The van der Waals surface area contributed by atoms with Crippen LogP contribution in [0.1, 0.15) is 40.0 Å². The van der Waals surface area contributed by atoms with Crippen molar-refractivity contribution in [2.75, 3.05) is 39.6 Å². The fourth-order valence-electron chi connectivity index (χ4n) is 3.52. The highest BCUT2D eigenvalue weighted by molar-refractivity contribution is 6.60. The second-order valence-electron chi connectivity index (χ2n) is 6.63. The van der Waals surface area contributed by atoms with Crippen LogP contribution in [0, 0.1) is 11.3 Å². The molecule has 1 aliphatic heterocycles. The number of unbranched alkanes of at least 4 members (excludes halogenated alkanes) is 1. The van der Waals surface area contributed by atoms with Crippen molar-refractivity contribution in [3.8, 4) is 0 Å². The van der Waals surface area contributed by atoms with Gasteiger partial charge in [0.25, 0.3) is 0 Å². The van der Waals surface area contributed by atoms with Crippen LogP contribution in [0.2, 0.25) is 6.04 Å². The lowest BCUT2D eigenvalue weighted by Crippen LogP contribution is -2.45. The Kier molecular flexibility index (Phi) is 7.63. The molecule has 2 unspecified atom stereocenters. The Morgan fingerprint density at radius 3 is 2.28 bits per heavy atom. The van der Waals surface area contributed by atoms with E-state index in [9.17, 15) is 4.79 Å². The van der Waals surface area contributed by atoms with Crippen molar-refractivity contribution in [2.24, 2.45) is 11.3 Å². The maximum Gasteiger partial charge on any atom is 0.500 e. The molecule has 0 bridgehead atoms. The van der Waals surface area contributed by atoms with Crippen LogP contribution in [0.5, 0.6) is 0 Å². The molecule has 2 aliphatic rings. The normalized spacial score (nSPS) is 24.8. The molecule has 0 radical (unpaired) electrons. The number of ether oxygens (including phenoxy) is 2. The van der Waals surface area contributed by atoms with Gasteiger partial charge in [0.2, 0.25) is 0 Å². The van der Waals surface area contributed by atoms with Gasteiger partial charge >= 0.3 is 14.8 Å². The molecule has 6 nitrogen and oxygen atoms in total. The van der Waals surface area contributed by atoms with Gasteiger partial charge in [0, 0.05) is 36.9 Å². The van der Waals surface area contributed by atoms with Gasteiger partial charge in [-0.05, 0) is 46.0 Å². The van der Waals surface area contributed by atoms with E-state index in [4.69, 9.17) is 22.8 Å². The van der Waals surface area contributed by atoms with Crippen LogP contribution in [0.4, 0.5) is 0 Å². The van der Waals surface area contributed by atoms with Crippen LogP contribution in [0.15, 0.2) is 12.2 Å². The Hall–Kier alpha value is -0.733. The van der Waals surface area contributed by atoms with E-state index in [2.05, 4.69) is 6.58 Å². The summed E-state index contributed by atoms with van der Waals surface area (Å²) >= 11 is 0. The molecule has 0 amide bonds. The number of esters is 1. The van der Waals surface area contributed by atoms with Crippen molar-refractivity contribution in [1.29, 1.82) is 0 Å². The molecule has 2 fully saturated rings. The predicted octanol–water partition coefficient (Wildman–Crippen LogP) is 2.95. The average molecular weight is 373 g/mol. The SMILES string of the molecule is C=C(C(=O)OCCCC[Si](OCC)(OCC)OCC)C12COCC1C2. The van der Waals surface area contributed by atoms with Crippen LogP contribution in [0.3, 0.4) is 0 Å². The highest BCUT2D eigenvalue weighted by atomic mass is 28.4. The zero-order chi connectivity index (χ0) is 18.3. The molecule has 144 valence electrons. The van der Waals surface area contributed by atoms with Crippen molar-refractivity contribution < 1.29 is 27.5 Å². The Balaban J connectivity index is 1.69. The Morgan fingerprint density at radius 2 is 1.80 bits per heavy atom. The summed E-state index contributed by atoms with van der Waals surface area (Å²) in [5.74, 6) is 0.179. The van der Waals surface area contributed by atoms with Gasteiger partial charge in [-0.2, -0.15) is 0 Å². The third kappa shape index (κ3) is 4.92. The first kappa shape index (κ1) is 20.6. The average Bonchev–Trinajstić information content (AvgIpc) is 3.15. The second kappa shape index (κ2) is 9.28. The summed E-state index contributed by atoms with van der Waals surface area (Å²) in [6.45, 7) is 13.3. The van der Waals surface area contributed by atoms with E-state index in [1.165, 1.54) is 0 Å². The highest BCUT2D eigenvalue weighted by Crippen LogP contribution is 2.61. The van der Waals surface area contributed by atoms with Crippen LogP contribution >= 0.6 is 0 Å². The summed E-state index contributed by atoms with van der Waals surface area (Å²) in [6, 6.07) is 0.737. The van der Waals surface area contributed by atoms with Gasteiger partial charge in [0.05, 0.1) is 19.8 Å². The largest absolute Gasteiger partial charge is 0.500 e. The fourth-order valence-corrected chi connectivity index (χ4v) is 6.20. The zero-order valence-corrected chi connectivity index (χ0v) is 16.8. The van der Waals surface area contributed by atoms with Crippen molar-refractivity contribution >= 4 is 14.8 Å². The summed E-state index contributed by atoms with van der Waals surface area (Å²) in [4.78, 5) is 12.2. The van der Waals surface area contributed by atoms with Crippen molar-refractivity contribution in [1.82, 2.24) is 0 Å². The van der Waals surface area contributed by atoms with Gasteiger partial charge in [-0.15, -0.1) is 0 Å². The third-order valence-corrected chi connectivity index (χ3v) is 8.11. The lowest BCUT2D eigenvalue weighted by molar-refractivity contribution is -0.140. The maximum atomic E-state index is 12.2. The number of carbonyl (C=O) groups is 1. The van der Waals surface area contributed by atoms with E-state index in [0.29, 0.717) is 44.5 Å². The number of hydrogen-bond acceptors (Lipinski definition) is 6. The molecule has 0 N–H and O–H groups in total. The predicted molar refractivity (Wildman–Crippen MR) is 96.1 cm³/mol. The Bertz CT molecular complexity index is 451. The van der Waals surface area contributed by atoms with E-state index in [0.717, 1.165) is 31.9 Å². The molecule has 0 aromatic rings. The molecular formula is C18H32O6Si. The smallest absolute Gasteiger partial charge is 0.462 e. The van der Waals surface area contributed by atoms with Gasteiger partial charge in [-0.25, -0.2) is 4.79 Å². The van der Waals surface area contributed by atoms with E-state index in [1.807, 2.05) is 20.8 Å². The Morgan fingerprint density at radius 1 is 1.16 bits per heavy atom. The minimum atomic E-state index is -2.60. The number of carbonyl (C=O) groups excluding carboxylic acids is 1. The topological polar surface area (TPSA) is 63.2 Å². The molecule has 0 spiro atoms. The van der Waals surface area contributed by atoms with Crippen molar-refractivity contribution in [3.63, 3.8) is 0 Å². The van der Waals surface area contributed by atoms with Crippen molar-refractivity contribution in [3.05, 3.63) is 12.2 Å². The molecule has 0 aromatic carbocycles. The summed E-state index contributed by atoms with van der Waals surface area (Å²) in [6.07, 6.45) is 2.60. The molecule has 1 saturated carbocycles. The van der Waals surface area contributed by atoms with Crippen LogP contribution in [-0.2, 0) is 27.5 Å². The van der Waals surface area contributed by atoms with Crippen molar-refractivity contribution in [2.45, 2.75) is 46.1 Å². The van der Waals surface area contributed by atoms with Gasteiger partial charge < -0.3 is 22.8 Å². The fraction of sp³-hybridized carbons (Fsp3) is 0.833. The lowest BCUT2D eigenvalue weighted by atomic mass is 9.97. The molecular weight excluding hydrogens is 340 g/mol. The van der Waals surface area contributed by atoms with Crippen LogP contribution in [0.25, 0.3) is 0 Å². The molecule has 1 saturated heterocycles. The minimum absolute atomic E-state index is 0.127. The first-order valence-electron chi connectivity index (χ1n) is 9.39. The zero-order valence-electron chi connectivity index (χ0n) is 15.8. The second-order valence-corrected chi connectivity index (χ2v) is 9.36.